The first kappa shape index (κ1) is 13.8. The van der Waals surface area contributed by atoms with E-state index in [9.17, 15) is 8.78 Å². The molecule has 0 bridgehead atoms. The standard InChI is InChI=1S/C13H9ClF2N2S/c14-7-1-3-9(13(17)18)12(5-7)19-11-4-2-8(15)6-10(11)16/h1-6H,(H3,17,18). The molecule has 98 valence electrons. The highest BCUT2D eigenvalue weighted by molar-refractivity contribution is 7.99. The molecule has 2 aromatic carbocycles. The fourth-order valence-corrected chi connectivity index (χ4v) is 2.72. The van der Waals surface area contributed by atoms with Crippen molar-refractivity contribution in [2.24, 2.45) is 5.73 Å². The van der Waals surface area contributed by atoms with Crippen LogP contribution in [0.3, 0.4) is 0 Å². The van der Waals surface area contributed by atoms with Crippen molar-refractivity contribution in [2.75, 3.05) is 0 Å². The minimum absolute atomic E-state index is 0.137. The van der Waals surface area contributed by atoms with E-state index in [2.05, 4.69) is 0 Å². The molecule has 0 atom stereocenters. The van der Waals surface area contributed by atoms with Crippen LogP contribution in [0.4, 0.5) is 8.78 Å². The van der Waals surface area contributed by atoms with Crippen LogP contribution in [0.25, 0.3) is 0 Å². The first-order valence-electron chi connectivity index (χ1n) is 5.24. The second kappa shape index (κ2) is 5.59. The van der Waals surface area contributed by atoms with Gasteiger partial charge in [-0.3, -0.25) is 5.41 Å². The Bertz CT molecular complexity index is 647. The van der Waals surface area contributed by atoms with Gasteiger partial charge in [-0.1, -0.05) is 23.4 Å². The zero-order chi connectivity index (χ0) is 14.0. The summed E-state index contributed by atoms with van der Waals surface area (Å²) in [6.07, 6.45) is 0. The van der Waals surface area contributed by atoms with Crippen molar-refractivity contribution in [3.63, 3.8) is 0 Å². The SMILES string of the molecule is N=C(N)c1ccc(Cl)cc1Sc1ccc(F)cc1F. The Morgan fingerprint density at radius 1 is 1.11 bits per heavy atom. The van der Waals surface area contributed by atoms with Gasteiger partial charge < -0.3 is 5.73 Å². The Balaban J connectivity index is 2.42. The zero-order valence-corrected chi connectivity index (χ0v) is 11.2. The summed E-state index contributed by atoms with van der Waals surface area (Å²) in [6.45, 7) is 0. The summed E-state index contributed by atoms with van der Waals surface area (Å²) in [7, 11) is 0. The van der Waals surface area contributed by atoms with Crippen molar-refractivity contribution in [1.29, 1.82) is 5.41 Å². The van der Waals surface area contributed by atoms with Crippen molar-refractivity contribution in [3.8, 4) is 0 Å². The molecule has 0 saturated carbocycles. The minimum atomic E-state index is -0.667. The van der Waals surface area contributed by atoms with E-state index < -0.39 is 11.6 Å². The highest BCUT2D eigenvalue weighted by Crippen LogP contribution is 2.34. The molecule has 2 rings (SSSR count). The second-order valence-corrected chi connectivity index (χ2v) is 5.25. The summed E-state index contributed by atoms with van der Waals surface area (Å²) in [5.74, 6) is -1.44. The molecule has 0 radical (unpaired) electrons. The quantitative estimate of drug-likeness (QED) is 0.663. The smallest absolute Gasteiger partial charge is 0.140 e. The Hall–Kier alpha value is -1.59. The van der Waals surface area contributed by atoms with Crippen molar-refractivity contribution in [2.45, 2.75) is 9.79 Å². The van der Waals surface area contributed by atoms with E-state index in [0.717, 1.165) is 17.8 Å². The van der Waals surface area contributed by atoms with Crippen molar-refractivity contribution >= 4 is 29.2 Å². The topological polar surface area (TPSA) is 49.9 Å². The summed E-state index contributed by atoms with van der Waals surface area (Å²) in [6, 6.07) is 8.09. The lowest BCUT2D eigenvalue weighted by molar-refractivity contribution is 0.565. The highest BCUT2D eigenvalue weighted by atomic mass is 35.5. The van der Waals surface area contributed by atoms with Crippen LogP contribution in [-0.2, 0) is 0 Å². The van der Waals surface area contributed by atoms with Crippen LogP contribution >= 0.6 is 23.4 Å². The van der Waals surface area contributed by atoms with Crippen molar-refractivity contribution in [1.82, 2.24) is 0 Å². The van der Waals surface area contributed by atoms with Crippen LogP contribution < -0.4 is 5.73 Å². The average molecular weight is 299 g/mol. The summed E-state index contributed by atoms with van der Waals surface area (Å²) < 4.78 is 26.4. The number of nitrogen functional groups attached to an aromatic ring is 1. The Kier molecular flexibility index (Phi) is 4.07. The number of nitrogens with one attached hydrogen (secondary N) is 1. The number of hydrogen-bond donors (Lipinski definition) is 2. The summed E-state index contributed by atoms with van der Waals surface area (Å²) in [4.78, 5) is 0.789. The van der Waals surface area contributed by atoms with Gasteiger partial charge in [-0.2, -0.15) is 0 Å². The van der Waals surface area contributed by atoms with E-state index in [0.29, 0.717) is 15.5 Å². The van der Waals surface area contributed by atoms with Gasteiger partial charge in [0, 0.05) is 26.4 Å². The number of benzene rings is 2. The molecule has 0 saturated heterocycles. The maximum atomic E-state index is 13.6. The van der Waals surface area contributed by atoms with Gasteiger partial charge in [0.2, 0.25) is 0 Å². The Labute approximate surface area is 118 Å². The largest absolute Gasteiger partial charge is 0.384 e. The molecule has 0 aliphatic carbocycles. The molecule has 0 fully saturated rings. The lowest BCUT2D eigenvalue weighted by Crippen LogP contribution is -2.12. The third-order valence-corrected chi connectivity index (χ3v) is 3.69. The molecule has 0 aliphatic rings. The molecule has 0 spiro atoms. The van der Waals surface area contributed by atoms with Gasteiger partial charge in [-0.15, -0.1) is 0 Å². The van der Waals surface area contributed by atoms with Gasteiger partial charge in [-0.25, -0.2) is 8.78 Å². The van der Waals surface area contributed by atoms with Gasteiger partial charge >= 0.3 is 0 Å². The predicted molar refractivity (Wildman–Crippen MR) is 72.9 cm³/mol. The maximum Gasteiger partial charge on any atom is 0.140 e. The molecule has 2 aromatic rings. The molecule has 2 nitrogen and oxygen atoms in total. The fourth-order valence-electron chi connectivity index (χ4n) is 1.48. The van der Waals surface area contributed by atoms with Gasteiger partial charge in [0.1, 0.15) is 17.5 Å². The second-order valence-electron chi connectivity index (χ2n) is 3.73. The number of hydrogen-bond acceptors (Lipinski definition) is 2. The molecule has 6 heteroatoms. The summed E-state index contributed by atoms with van der Waals surface area (Å²) in [5.41, 5.74) is 5.91. The summed E-state index contributed by atoms with van der Waals surface area (Å²) in [5, 5.41) is 7.92. The monoisotopic (exact) mass is 298 g/mol. The number of rotatable bonds is 3. The lowest BCUT2D eigenvalue weighted by atomic mass is 10.2. The predicted octanol–water partition coefficient (Wildman–Crippen LogP) is 4.05. The number of halogens is 3. The van der Waals surface area contributed by atoms with E-state index in [4.69, 9.17) is 22.7 Å². The molecule has 0 aromatic heterocycles. The van der Waals surface area contributed by atoms with Crippen LogP contribution in [0.5, 0.6) is 0 Å². The first-order valence-corrected chi connectivity index (χ1v) is 6.43. The van der Waals surface area contributed by atoms with Crippen LogP contribution in [0.1, 0.15) is 5.56 Å². The van der Waals surface area contributed by atoms with E-state index >= 15 is 0 Å². The van der Waals surface area contributed by atoms with Crippen LogP contribution in [0.2, 0.25) is 5.02 Å². The molecule has 0 heterocycles. The van der Waals surface area contributed by atoms with E-state index in [1.165, 1.54) is 12.1 Å². The van der Waals surface area contributed by atoms with Gasteiger partial charge in [0.05, 0.1) is 0 Å². The molecular weight excluding hydrogens is 290 g/mol. The lowest BCUT2D eigenvalue weighted by Gasteiger charge is -2.09. The third kappa shape index (κ3) is 3.24. The van der Waals surface area contributed by atoms with Gasteiger partial charge in [0.15, 0.2) is 0 Å². The molecule has 0 unspecified atom stereocenters. The zero-order valence-electron chi connectivity index (χ0n) is 9.58. The average Bonchev–Trinajstić information content (AvgIpc) is 2.32. The van der Waals surface area contributed by atoms with Gasteiger partial charge in [0.25, 0.3) is 0 Å². The maximum absolute atomic E-state index is 13.6. The van der Waals surface area contributed by atoms with E-state index in [1.54, 1.807) is 18.2 Å². The van der Waals surface area contributed by atoms with E-state index in [1.807, 2.05) is 0 Å². The molecule has 0 aliphatic heterocycles. The van der Waals surface area contributed by atoms with E-state index in [-0.39, 0.29) is 10.7 Å². The van der Waals surface area contributed by atoms with Crippen molar-refractivity contribution in [3.05, 3.63) is 58.6 Å². The Morgan fingerprint density at radius 3 is 2.47 bits per heavy atom. The normalized spacial score (nSPS) is 10.5. The van der Waals surface area contributed by atoms with Crippen molar-refractivity contribution < 1.29 is 8.78 Å². The molecule has 3 N–H and O–H groups in total. The third-order valence-electron chi connectivity index (χ3n) is 2.35. The van der Waals surface area contributed by atoms with Gasteiger partial charge in [-0.05, 0) is 30.3 Å². The summed E-state index contributed by atoms with van der Waals surface area (Å²) >= 11 is 6.92. The van der Waals surface area contributed by atoms with Crippen LogP contribution in [-0.4, -0.2) is 5.84 Å². The Morgan fingerprint density at radius 2 is 1.84 bits per heavy atom. The fraction of sp³-hybridized carbons (Fsp3) is 0. The number of amidine groups is 1. The first-order chi connectivity index (χ1) is 8.97. The molecule has 19 heavy (non-hydrogen) atoms. The van der Waals surface area contributed by atoms with Crippen LogP contribution in [0.15, 0.2) is 46.2 Å². The number of nitrogens with two attached hydrogens (primary N) is 1. The van der Waals surface area contributed by atoms with Crippen LogP contribution in [0, 0.1) is 17.0 Å². The molecule has 0 amide bonds. The highest BCUT2D eigenvalue weighted by Gasteiger charge is 2.11. The molecular formula is C13H9ClF2N2S. The minimum Gasteiger partial charge on any atom is -0.384 e.